The molecule has 0 aromatic carbocycles. The summed E-state index contributed by atoms with van der Waals surface area (Å²) in [5, 5.41) is 5.04. The number of carbonyl (C=O) groups excluding carboxylic acids is 2. The van der Waals surface area contributed by atoms with E-state index in [0.29, 0.717) is 0 Å². The van der Waals surface area contributed by atoms with E-state index in [1.165, 1.54) is 35.9 Å². The van der Waals surface area contributed by atoms with Crippen molar-refractivity contribution in [2.45, 2.75) is 24.8 Å². The van der Waals surface area contributed by atoms with Gasteiger partial charge in [0.05, 0.1) is 7.11 Å². The van der Waals surface area contributed by atoms with E-state index < -0.39 is 21.9 Å². The summed E-state index contributed by atoms with van der Waals surface area (Å²) in [6.45, 7) is 3.26. The van der Waals surface area contributed by atoms with Gasteiger partial charge in [-0.1, -0.05) is 0 Å². The van der Waals surface area contributed by atoms with Crippen LogP contribution in [0.5, 0.6) is 0 Å². The van der Waals surface area contributed by atoms with Crippen molar-refractivity contribution in [2.24, 2.45) is 12.2 Å². The number of aromatic nitrogens is 1. The number of methoxy groups -OCH3 is 1. The first-order valence-corrected chi connectivity index (χ1v) is 7.69. The Hall–Kier alpha value is -1.87. The maximum Gasteiger partial charge on any atom is 0.325 e. The summed E-state index contributed by atoms with van der Waals surface area (Å²) in [7, 11) is -1.14. The zero-order valence-electron chi connectivity index (χ0n) is 12.4. The van der Waals surface area contributed by atoms with Crippen LogP contribution in [0.4, 0.5) is 0 Å². The predicted molar refractivity (Wildman–Crippen MR) is 75.0 cm³/mol. The van der Waals surface area contributed by atoms with Crippen molar-refractivity contribution in [3.05, 3.63) is 18.0 Å². The van der Waals surface area contributed by atoms with E-state index in [0.717, 1.165) is 0 Å². The molecule has 1 aromatic rings. The average Bonchev–Trinajstić information content (AvgIpc) is 2.76. The largest absolute Gasteiger partial charge is 0.468 e. The van der Waals surface area contributed by atoms with E-state index in [4.69, 9.17) is 5.14 Å². The highest BCUT2D eigenvalue weighted by molar-refractivity contribution is 7.89. The first-order valence-electron chi connectivity index (χ1n) is 6.15. The standard InChI is InChI=1S/C12H19N3O5S/c1-8(2)15(7-11(16)20-4)12(17)10-5-9(6-14(10)3)21(13,18)19/h5-6,8H,7H2,1-4H3,(H2,13,18,19). The van der Waals surface area contributed by atoms with Crippen LogP contribution in [-0.4, -0.2) is 49.5 Å². The highest BCUT2D eigenvalue weighted by atomic mass is 32.2. The monoisotopic (exact) mass is 317 g/mol. The molecule has 1 rings (SSSR count). The summed E-state index contributed by atoms with van der Waals surface area (Å²) in [6, 6.07) is 0.925. The zero-order chi connectivity index (χ0) is 16.4. The minimum Gasteiger partial charge on any atom is -0.468 e. The Morgan fingerprint density at radius 2 is 2.00 bits per heavy atom. The topological polar surface area (TPSA) is 112 Å². The van der Waals surface area contributed by atoms with E-state index in [9.17, 15) is 18.0 Å². The van der Waals surface area contributed by atoms with Crippen LogP contribution in [0.2, 0.25) is 0 Å². The fraction of sp³-hybridized carbons (Fsp3) is 0.500. The lowest BCUT2D eigenvalue weighted by molar-refractivity contribution is -0.141. The van der Waals surface area contributed by atoms with Gasteiger partial charge in [-0.25, -0.2) is 13.6 Å². The molecule has 1 amide bonds. The molecule has 0 spiro atoms. The Morgan fingerprint density at radius 3 is 2.38 bits per heavy atom. The second-order valence-corrected chi connectivity index (χ2v) is 6.38. The Morgan fingerprint density at radius 1 is 1.43 bits per heavy atom. The van der Waals surface area contributed by atoms with Crippen molar-refractivity contribution in [1.29, 1.82) is 0 Å². The molecule has 0 saturated heterocycles. The molecule has 2 N–H and O–H groups in total. The number of esters is 1. The predicted octanol–water partition coefficient (Wildman–Crippen LogP) is -0.304. The molecule has 0 bridgehead atoms. The maximum atomic E-state index is 12.5. The molecule has 0 aliphatic heterocycles. The zero-order valence-corrected chi connectivity index (χ0v) is 13.2. The molecule has 0 unspecified atom stereocenters. The Kier molecular flexibility index (Phi) is 5.13. The molecule has 21 heavy (non-hydrogen) atoms. The lowest BCUT2D eigenvalue weighted by Gasteiger charge is -2.25. The van der Waals surface area contributed by atoms with Crippen molar-refractivity contribution < 1.29 is 22.7 Å². The van der Waals surface area contributed by atoms with Gasteiger partial charge in [0, 0.05) is 19.3 Å². The third kappa shape index (κ3) is 4.05. The summed E-state index contributed by atoms with van der Waals surface area (Å²) in [4.78, 5) is 25.0. The molecule has 9 heteroatoms. The summed E-state index contributed by atoms with van der Waals surface area (Å²) in [5.41, 5.74) is 0.122. The quantitative estimate of drug-likeness (QED) is 0.749. The van der Waals surface area contributed by atoms with E-state index >= 15 is 0 Å². The van der Waals surface area contributed by atoms with Gasteiger partial charge in [0.25, 0.3) is 5.91 Å². The van der Waals surface area contributed by atoms with Crippen molar-refractivity contribution in [3.8, 4) is 0 Å². The van der Waals surface area contributed by atoms with Crippen LogP contribution in [0.1, 0.15) is 24.3 Å². The van der Waals surface area contributed by atoms with Crippen molar-refractivity contribution in [3.63, 3.8) is 0 Å². The van der Waals surface area contributed by atoms with Gasteiger partial charge in [-0.05, 0) is 19.9 Å². The highest BCUT2D eigenvalue weighted by Gasteiger charge is 2.25. The molecule has 0 atom stereocenters. The van der Waals surface area contributed by atoms with E-state index in [1.54, 1.807) is 13.8 Å². The number of hydrogen-bond acceptors (Lipinski definition) is 5. The fourth-order valence-corrected chi connectivity index (χ4v) is 2.32. The van der Waals surface area contributed by atoms with Crippen LogP contribution in [0.25, 0.3) is 0 Å². The second-order valence-electron chi connectivity index (χ2n) is 4.82. The van der Waals surface area contributed by atoms with E-state index in [1.807, 2.05) is 0 Å². The normalized spacial score (nSPS) is 11.5. The van der Waals surface area contributed by atoms with Crippen LogP contribution in [0.3, 0.4) is 0 Å². The molecule has 0 fully saturated rings. The molecule has 0 saturated carbocycles. The lowest BCUT2D eigenvalue weighted by Crippen LogP contribution is -2.41. The lowest BCUT2D eigenvalue weighted by atomic mass is 10.2. The number of aryl methyl sites for hydroxylation is 1. The maximum absolute atomic E-state index is 12.5. The SMILES string of the molecule is COC(=O)CN(C(=O)c1cc(S(N)(=O)=O)cn1C)C(C)C. The smallest absolute Gasteiger partial charge is 0.325 e. The van der Waals surface area contributed by atoms with Gasteiger partial charge < -0.3 is 14.2 Å². The molecule has 0 radical (unpaired) electrons. The number of nitrogens with zero attached hydrogens (tertiary/aromatic N) is 2. The molecular formula is C12H19N3O5S. The average molecular weight is 317 g/mol. The van der Waals surface area contributed by atoms with Crippen LogP contribution < -0.4 is 5.14 Å². The Labute approximate surface area is 123 Å². The highest BCUT2D eigenvalue weighted by Crippen LogP contribution is 2.15. The molecule has 1 heterocycles. The second kappa shape index (κ2) is 6.27. The number of ether oxygens (including phenoxy) is 1. The fourth-order valence-electron chi connectivity index (χ4n) is 1.74. The summed E-state index contributed by atoms with van der Waals surface area (Å²) < 4.78 is 28.5. The van der Waals surface area contributed by atoms with Crippen LogP contribution in [-0.2, 0) is 26.6 Å². The number of amides is 1. The molecule has 1 aromatic heterocycles. The van der Waals surface area contributed by atoms with Gasteiger partial charge in [-0.2, -0.15) is 0 Å². The van der Waals surface area contributed by atoms with Gasteiger partial charge >= 0.3 is 5.97 Å². The number of primary sulfonamides is 1. The first-order chi connectivity index (χ1) is 9.57. The number of rotatable bonds is 5. The van der Waals surface area contributed by atoms with Crippen LogP contribution in [0.15, 0.2) is 17.2 Å². The van der Waals surface area contributed by atoms with Crippen molar-refractivity contribution >= 4 is 21.9 Å². The van der Waals surface area contributed by atoms with E-state index in [-0.39, 0.29) is 23.2 Å². The van der Waals surface area contributed by atoms with Crippen LogP contribution >= 0.6 is 0 Å². The molecular weight excluding hydrogens is 298 g/mol. The van der Waals surface area contributed by atoms with Gasteiger partial charge in [0.1, 0.15) is 17.1 Å². The third-order valence-electron chi connectivity index (χ3n) is 2.94. The van der Waals surface area contributed by atoms with Gasteiger partial charge in [-0.3, -0.25) is 9.59 Å². The van der Waals surface area contributed by atoms with Crippen molar-refractivity contribution in [1.82, 2.24) is 9.47 Å². The number of hydrogen-bond donors (Lipinski definition) is 1. The molecule has 8 nitrogen and oxygen atoms in total. The van der Waals surface area contributed by atoms with Gasteiger partial charge in [-0.15, -0.1) is 0 Å². The molecule has 0 aliphatic rings. The van der Waals surface area contributed by atoms with Gasteiger partial charge in [0.2, 0.25) is 10.0 Å². The number of carbonyl (C=O) groups is 2. The Bertz CT molecular complexity index is 648. The summed E-state index contributed by atoms with van der Waals surface area (Å²) >= 11 is 0. The summed E-state index contributed by atoms with van der Waals surface area (Å²) in [5.74, 6) is -1.04. The first kappa shape index (κ1) is 17.2. The summed E-state index contributed by atoms with van der Waals surface area (Å²) in [6.07, 6.45) is 1.25. The third-order valence-corrected chi connectivity index (χ3v) is 3.82. The minimum atomic E-state index is -3.89. The number of nitrogens with two attached hydrogens (primary N) is 1. The van der Waals surface area contributed by atoms with Crippen molar-refractivity contribution in [2.75, 3.05) is 13.7 Å². The number of sulfonamides is 1. The molecule has 118 valence electrons. The van der Waals surface area contributed by atoms with Crippen LogP contribution in [0, 0.1) is 0 Å². The van der Waals surface area contributed by atoms with Gasteiger partial charge in [0.15, 0.2) is 0 Å². The molecule has 0 aliphatic carbocycles. The minimum absolute atomic E-state index is 0.122. The van der Waals surface area contributed by atoms with E-state index in [2.05, 4.69) is 4.74 Å². The Balaban J connectivity index is 3.16.